The van der Waals surface area contributed by atoms with Crippen molar-refractivity contribution in [3.8, 4) is 0 Å². The molecular weight excluding hydrogens is 252 g/mol. The fourth-order valence-electron chi connectivity index (χ4n) is 1.90. The van der Waals surface area contributed by atoms with E-state index in [1.807, 2.05) is 31.2 Å². The molecule has 0 saturated carbocycles. The number of nitrogens with one attached hydrogen (secondary N) is 2. The Bertz CT molecular complexity index is 580. The van der Waals surface area contributed by atoms with Crippen molar-refractivity contribution in [3.05, 3.63) is 30.5 Å². The average molecular weight is 272 g/mol. The smallest absolute Gasteiger partial charge is 0.221 e. The summed E-state index contributed by atoms with van der Waals surface area (Å²) >= 11 is 0. The number of carbonyl (C=O) groups excluding carboxylic acids is 1. The number of hydrogen-bond acceptors (Lipinski definition) is 4. The van der Waals surface area contributed by atoms with E-state index >= 15 is 0 Å². The van der Waals surface area contributed by atoms with Gasteiger partial charge in [0.05, 0.1) is 6.20 Å². The molecule has 0 saturated heterocycles. The van der Waals surface area contributed by atoms with Crippen molar-refractivity contribution in [1.29, 1.82) is 0 Å². The highest BCUT2D eigenvalue weighted by molar-refractivity contribution is 5.91. The number of carbonyl (C=O) groups is 1. The van der Waals surface area contributed by atoms with Crippen LogP contribution in [0, 0.1) is 0 Å². The minimum atomic E-state index is 0.0556. The van der Waals surface area contributed by atoms with Crippen molar-refractivity contribution < 1.29 is 4.79 Å². The second-order valence-electron chi connectivity index (χ2n) is 4.83. The van der Waals surface area contributed by atoms with Crippen molar-refractivity contribution in [1.82, 2.24) is 15.5 Å². The predicted octanol–water partition coefficient (Wildman–Crippen LogP) is 2.35. The van der Waals surface area contributed by atoms with E-state index in [2.05, 4.69) is 27.8 Å². The van der Waals surface area contributed by atoms with Crippen LogP contribution in [0.3, 0.4) is 0 Å². The molecule has 0 bridgehead atoms. The molecule has 0 spiro atoms. The van der Waals surface area contributed by atoms with E-state index in [-0.39, 0.29) is 11.9 Å². The summed E-state index contributed by atoms with van der Waals surface area (Å²) in [6, 6.07) is 8.13. The van der Waals surface area contributed by atoms with Crippen LogP contribution in [0.5, 0.6) is 0 Å². The van der Waals surface area contributed by atoms with Gasteiger partial charge in [0, 0.05) is 29.8 Å². The van der Waals surface area contributed by atoms with Crippen LogP contribution < -0.4 is 10.6 Å². The van der Waals surface area contributed by atoms with Gasteiger partial charge in [-0.25, -0.2) is 0 Å². The van der Waals surface area contributed by atoms with Gasteiger partial charge in [0.15, 0.2) is 5.82 Å². The summed E-state index contributed by atoms with van der Waals surface area (Å²) in [5.74, 6) is 0.777. The van der Waals surface area contributed by atoms with Gasteiger partial charge in [0.1, 0.15) is 0 Å². The maximum atomic E-state index is 11.7. The number of anilines is 1. The van der Waals surface area contributed by atoms with E-state index in [4.69, 9.17) is 0 Å². The summed E-state index contributed by atoms with van der Waals surface area (Å²) in [5.41, 5.74) is 0. The maximum absolute atomic E-state index is 11.7. The molecule has 0 radical (unpaired) electrons. The average Bonchev–Trinajstić information content (AvgIpc) is 2.47. The number of rotatable bonds is 6. The first-order valence-corrected chi connectivity index (χ1v) is 6.94. The quantitative estimate of drug-likeness (QED) is 0.847. The number of benzene rings is 1. The van der Waals surface area contributed by atoms with Crippen molar-refractivity contribution in [2.75, 3.05) is 11.9 Å². The Morgan fingerprint density at radius 1 is 1.35 bits per heavy atom. The molecule has 1 aromatic heterocycles. The molecule has 106 valence electrons. The predicted molar refractivity (Wildman–Crippen MR) is 80.5 cm³/mol. The topological polar surface area (TPSA) is 66.9 Å². The molecule has 1 aromatic carbocycles. The van der Waals surface area contributed by atoms with Crippen LogP contribution >= 0.6 is 0 Å². The summed E-state index contributed by atoms with van der Waals surface area (Å²) in [6.45, 7) is 4.60. The van der Waals surface area contributed by atoms with E-state index < -0.39 is 0 Å². The zero-order valence-electron chi connectivity index (χ0n) is 11.9. The summed E-state index contributed by atoms with van der Waals surface area (Å²) in [6.07, 6.45) is 3.10. The number of nitrogens with zero attached hydrogens (tertiary/aromatic N) is 2. The van der Waals surface area contributed by atoms with Crippen LogP contribution in [0.2, 0.25) is 0 Å². The summed E-state index contributed by atoms with van der Waals surface area (Å²) in [7, 11) is 0. The van der Waals surface area contributed by atoms with E-state index in [0.29, 0.717) is 13.0 Å². The first-order chi connectivity index (χ1) is 9.70. The Morgan fingerprint density at radius 2 is 2.15 bits per heavy atom. The minimum absolute atomic E-state index is 0.0556. The lowest BCUT2D eigenvalue weighted by Gasteiger charge is -2.12. The third kappa shape index (κ3) is 3.66. The van der Waals surface area contributed by atoms with E-state index in [0.717, 1.165) is 23.0 Å². The molecule has 1 unspecified atom stereocenters. The lowest BCUT2D eigenvalue weighted by atomic mass is 10.2. The monoisotopic (exact) mass is 272 g/mol. The molecule has 5 nitrogen and oxygen atoms in total. The van der Waals surface area contributed by atoms with Crippen molar-refractivity contribution in [2.45, 2.75) is 32.7 Å². The lowest BCUT2D eigenvalue weighted by Crippen LogP contribution is -2.33. The molecular formula is C15H20N4O. The van der Waals surface area contributed by atoms with E-state index in [1.54, 1.807) is 6.20 Å². The van der Waals surface area contributed by atoms with Crippen LogP contribution in [-0.2, 0) is 4.79 Å². The number of aromatic nitrogens is 2. The molecule has 2 aromatic rings. The Morgan fingerprint density at radius 3 is 2.95 bits per heavy atom. The molecule has 20 heavy (non-hydrogen) atoms. The second kappa shape index (κ2) is 6.84. The normalized spacial score (nSPS) is 12.1. The molecule has 5 heteroatoms. The maximum Gasteiger partial charge on any atom is 0.221 e. The van der Waals surface area contributed by atoms with Gasteiger partial charge in [-0.05, 0) is 13.3 Å². The third-order valence-electron chi connectivity index (χ3n) is 3.23. The highest BCUT2D eigenvalue weighted by Gasteiger charge is 2.06. The fourth-order valence-corrected chi connectivity index (χ4v) is 1.90. The number of hydrogen-bond donors (Lipinski definition) is 2. The highest BCUT2D eigenvalue weighted by Crippen LogP contribution is 2.18. The fraction of sp³-hybridized carbons (Fsp3) is 0.400. The minimum Gasteiger partial charge on any atom is -0.368 e. The van der Waals surface area contributed by atoms with Gasteiger partial charge in [-0.15, -0.1) is 5.10 Å². The van der Waals surface area contributed by atoms with Crippen LogP contribution in [0.25, 0.3) is 10.8 Å². The van der Waals surface area contributed by atoms with Gasteiger partial charge in [-0.1, -0.05) is 31.2 Å². The first-order valence-electron chi connectivity index (χ1n) is 6.94. The van der Waals surface area contributed by atoms with Crippen molar-refractivity contribution >= 4 is 22.5 Å². The molecule has 0 aliphatic rings. The standard InChI is InChI=1S/C15H20N4O/c1-3-11(2)18-14(20)8-9-16-15-13-7-5-4-6-12(13)10-17-19-15/h4-7,10-11H,3,8-9H2,1-2H3,(H,16,19)(H,18,20). The van der Waals surface area contributed by atoms with Crippen LogP contribution in [0.4, 0.5) is 5.82 Å². The van der Waals surface area contributed by atoms with Crippen molar-refractivity contribution in [2.24, 2.45) is 0 Å². The van der Waals surface area contributed by atoms with Gasteiger partial charge in [-0.2, -0.15) is 5.10 Å². The zero-order valence-corrected chi connectivity index (χ0v) is 11.9. The number of amides is 1. The molecule has 1 atom stereocenters. The summed E-state index contributed by atoms with van der Waals surface area (Å²) in [4.78, 5) is 11.7. The SMILES string of the molecule is CCC(C)NC(=O)CCNc1nncc2ccccc12. The Balaban J connectivity index is 1.92. The summed E-state index contributed by atoms with van der Waals surface area (Å²) in [5, 5.41) is 16.2. The number of fused-ring (bicyclic) bond motifs is 1. The molecule has 2 N–H and O–H groups in total. The van der Waals surface area contributed by atoms with Crippen LogP contribution in [0.15, 0.2) is 30.5 Å². The van der Waals surface area contributed by atoms with Gasteiger partial charge in [0.25, 0.3) is 0 Å². The first kappa shape index (κ1) is 14.2. The highest BCUT2D eigenvalue weighted by atomic mass is 16.1. The molecule has 1 amide bonds. The molecule has 1 heterocycles. The largest absolute Gasteiger partial charge is 0.368 e. The van der Waals surface area contributed by atoms with Gasteiger partial charge >= 0.3 is 0 Å². The van der Waals surface area contributed by atoms with Gasteiger partial charge in [-0.3, -0.25) is 4.79 Å². The Labute approximate surface area is 118 Å². The molecule has 0 aliphatic carbocycles. The Hall–Kier alpha value is -2.17. The Kier molecular flexibility index (Phi) is 4.87. The van der Waals surface area contributed by atoms with Crippen LogP contribution in [-0.4, -0.2) is 28.7 Å². The zero-order chi connectivity index (χ0) is 14.4. The summed E-state index contributed by atoms with van der Waals surface area (Å²) < 4.78 is 0. The third-order valence-corrected chi connectivity index (χ3v) is 3.23. The van der Waals surface area contributed by atoms with E-state index in [9.17, 15) is 4.79 Å². The van der Waals surface area contributed by atoms with Gasteiger partial charge in [0.2, 0.25) is 5.91 Å². The molecule has 0 fully saturated rings. The lowest BCUT2D eigenvalue weighted by molar-refractivity contribution is -0.121. The van der Waals surface area contributed by atoms with Gasteiger partial charge < -0.3 is 10.6 Å². The molecule has 2 rings (SSSR count). The van der Waals surface area contributed by atoms with Crippen molar-refractivity contribution in [3.63, 3.8) is 0 Å². The van der Waals surface area contributed by atoms with Crippen LogP contribution in [0.1, 0.15) is 26.7 Å². The second-order valence-corrected chi connectivity index (χ2v) is 4.83. The molecule has 0 aliphatic heterocycles. The van der Waals surface area contributed by atoms with E-state index in [1.165, 1.54) is 0 Å².